The highest BCUT2D eigenvalue weighted by molar-refractivity contribution is 9.10. The van der Waals surface area contributed by atoms with E-state index in [9.17, 15) is 0 Å². The van der Waals surface area contributed by atoms with Crippen LogP contribution < -0.4 is 9.47 Å². The predicted molar refractivity (Wildman–Crippen MR) is 87.3 cm³/mol. The lowest BCUT2D eigenvalue weighted by Crippen LogP contribution is -1.99. The molecule has 1 aromatic carbocycles. The molecule has 0 saturated heterocycles. The van der Waals surface area contributed by atoms with E-state index < -0.39 is 0 Å². The fraction of sp³-hybridized carbons (Fsp3) is 0.333. The van der Waals surface area contributed by atoms with Crippen LogP contribution in [-0.4, -0.2) is 24.2 Å². The molecule has 0 aliphatic heterocycles. The number of rotatable bonds is 5. The maximum absolute atomic E-state index is 6.18. The molecular formula is C15H16BrClN2O2. The molecule has 21 heavy (non-hydrogen) atoms. The summed E-state index contributed by atoms with van der Waals surface area (Å²) in [6.45, 7) is 2.10. The Bertz CT molecular complexity index is 650. The summed E-state index contributed by atoms with van der Waals surface area (Å²) in [4.78, 5) is 8.91. The van der Waals surface area contributed by atoms with E-state index in [4.69, 9.17) is 21.1 Å². The minimum Gasteiger partial charge on any atom is -0.493 e. The summed E-state index contributed by atoms with van der Waals surface area (Å²) in [5.74, 6) is 1.88. The predicted octanol–water partition coefficient (Wildman–Crippen LogP) is 4.53. The number of hydrogen-bond donors (Lipinski definition) is 0. The van der Waals surface area contributed by atoms with Gasteiger partial charge in [-0.2, -0.15) is 0 Å². The van der Waals surface area contributed by atoms with Gasteiger partial charge in [0.1, 0.15) is 5.15 Å². The highest BCUT2D eigenvalue weighted by atomic mass is 79.9. The van der Waals surface area contributed by atoms with Crippen LogP contribution in [0.5, 0.6) is 11.5 Å². The van der Waals surface area contributed by atoms with Gasteiger partial charge in [-0.15, -0.1) is 0 Å². The lowest BCUT2D eigenvalue weighted by Gasteiger charge is -2.11. The molecule has 0 bridgehead atoms. The lowest BCUT2D eigenvalue weighted by atomic mass is 10.1. The first-order valence-corrected chi connectivity index (χ1v) is 7.72. The summed E-state index contributed by atoms with van der Waals surface area (Å²) in [7, 11) is 3.20. The maximum Gasteiger partial charge on any atom is 0.161 e. The molecular weight excluding hydrogens is 356 g/mol. The number of ether oxygens (including phenoxy) is 2. The third-order valence-electron chi connectivity index (χ3n) is 3.01. The third-order valence-corrected chi connectivity index (χ3v) is 4.34. The van der Waals surface area contributed by atoms with Crippen LogP contribution in [0.25, 0.3) is 11.4 Å². The van der Waals surface area contributed by atoms with Crippen LogP contribution in [0, 0.1) is 0 Å². The number of aryl methyl sites for hydroxylation is 1. The number of nitrogens with zero attached hydrogens (tertiary/aromatic N) is 2. The smallest absolute Gasteiger partial charge is 0.161 e. The first kappa shape index (κ1) is 16.0. The van der Waals surface area contributed by atoms with Crippen molar-refractivity contribution in [3.05, 3.63) is 33.5 Å². The topological polar surface area (TPSA) is 44.2 Å². The van der Waals surface area contributed by atoms with Crippen molar-refractivity contribution in [3.63, 3.8) is 0 Å². The van der Waals surface area contributed by atoms with E-state index in [-0.39, 0.29) is 0 Å². The largest absolute Gasteiger partial charge is 0.493 e. The monoisotopic (exact) mass is 370 g/mol. The van der Waals surface area contributed by atoms with Crippen molar-refractivity contribution in [1.82, 2.24) is 9.97 Å². The van der Waals surface area contributed by atoms with E-state index in [0.717, 1.165) is 28.6 Å². The van der Waals surface area contributed by atoms with Gasteiger partial charge in [-0.3, -0.25) is 0 Å². The second kappa shape index (κ2) is 7.09. The molecule has 4 nitrogen and oxygen atoms in total. The zero-order valence-electron chi connectivity index (χ0n) is 12.1. The fourth-order valence-electron chi connectivity index (χ4n) is 1.97. The summed E-state index contributed by atoms with van der Waals surface area (Å²) in [6, 6.07) is 5.55. The summed E-state index contributed by atoms with van der Waals surface area (Å²) in [5.41, 5.74) is 1.74. The first-order valence-electron chi connectivity index (χ1n) is 6.55. The quantitative estimate of drug-likeness (QED) is 0.724. The molecule has 0 radical (unpaired) electrons. The summed E-state index contributed by atoms with van der Waals surface area (Å²) < 4.78 is 11.3. The zero-order chi connectivity index (χ0) is 15.4. The van der Waals surface area contributed by atoms with Gasteiger partial charge in [0.25, 0.3) is 0 Å². The average molecular weight is 372 g/mol. The number of methoxy groups -OCH3 is 2. The molecule has 112 valence electrons. The van der Waals surface area contributed by atoms with Crippen LogP contribution in [0.2, 0.25) is 5.15 Å². The van der Waals surface area contributed by atoms with Gasteiger partial charge in [-0.25, -0.2) is 9.97 Å². The van der Waals surface area contributed by atoms with Crippen LogP contribution in [0.15, 0.2) is 22.7 Å². The normalized spacial score (nSPS) is 10.5. The highest BCUT2D eigenvalue weighted by Crippen LogP contribution is 2.33. The Kier molecular flexibility index (Phi) is 5.42. The van der Waals surface area contributed by atoms with E-state index in [0.29, 0.717) is 22.5 Å². The van der Waals surface area contributed by atoms with E-state index in [2.05, 4.69) is 32.8 Å². The standard InChI is InChI=1S/C15H16BrClN2O2/c1-4-5-10-13(16)14(17)19-15(18-10)9-6-7-11(20-2)12(8-9)21-3/h6-8H,4-5H2,1-3H3. The van der Waals surface area contributed by atoms with Gasteiger partial charge in [0.05, 0.1) is 24.4 Å². The molecule has 1 aromatic heterocycles. The Hall–Kier alpha value is -1.33. The third kappa shape index (κ3) is 3.47. The second-order valence-electron chi connectivity index (χ2n) is 4.42. The molecule has 0 amide bonds. The summed E-state index contributed by atoms with van der Waals surface area (Å²) >= 11 is 9.62. The fourth-order valence-corrected chi connectivity index (χ4v) is 2.53. The molecule has 6 heteroatoms. The second-order valence-corrected chi connectivity index (χ2v) is 5.57. The van der Waals surface area contributed by atoms with E-state index in [1.54, 1.807) is 14.2 Å². The Labute approximate surface area is 137 Å². The van der Waals surface area contributed by atoms with Crippen molar-refractivity contribution in [2.24, 2.45) is 0 Å². The summed E-state index contributed by atoms with van der Waals surface area (Å²) in [6.07, 6.45) is 1.82. The van der Waals surface area contributed by atoms with Crippen LogP contribution in [0.3, 0.4) is 0 Å². The van der Waals surface area contributed by atoms with E-state index in [1.165, 1.54) is 0 Å². The van der Waals surface area contributed by atoms with Crippen molar-refractivity contribution in [3.8, 4) is 22.9 Å². The zero-order valence-corrected chi connectivity index (χ0v) is 14.5. The van der Waals surface area contributed by atoms with Gasteiger partial charge < -0.3 is 9.47 Å². The van der Waals surface area contributed by atoms with Crippen LogP contribution in [0.1, 0.15) is 19.0 Å². The minimum absolute atomic E-state index is 0.415. The minimum atomic E-state index is 0.415. The van der Waals surface area contributed by atoms with Gasteiger partial charge in [-0.05, 0) is 40.5 Å². The Morgan fingerprint density at radius 2 is 1.86 bits per heavy atom. The van der Waals surface area contributed by atoms with Gasteiger partial charge in [0.2, 0.25) is 0 Å². The van der Waals surface area contributed by atoms with E-state index >= 15 is 0 Å². The van der Waals surface area contributed by atoms with Crippen molar-refractivity contribution in [2.75, 3.05) is 14.2 Å². The molecule has 2 aromatic rings. The Morgan fingerprint density at radius 3 is 2.48 bits per heavy atom. The molecule has 0 unspecified atom stereocenters. The summed E-state index contributed by atoms with van der Waals surface area (Å²) in [5, 5.41) is 0.415. The highest BCUT2D eigenvalue weighted by Gasteiger charge is 2.13. The molecule has 0 aliphatic carbocycles. The lowest BCUT2D eigenvalue weighted by molar-refractivity contribution is 0.355. The number of aromatic nitrogens is 2. The number of halogens is 2. The molecule has 0 fully saturated rings. The maximum atomic E-state index is 6.18. The van der Waals surface area contributed by atoms with Crippen LogP contribution in [0.4, 0.5) is 0 Å². The molecule has 0 N–H and O–H groups in total. The SMILES string of the molecule is CCCc1nc(-c2ccc(OC)c(OC)c2)nc(Cl)c1Br. The van der Waals surface area contributed by atoms with Gasteiger partial charge in [-0.1, -0.05) is 24.9 Å². The van der Waals surface area contributed by atoms with Crippen LogP contribution in [-0.2, 0) is 6.42 Å². The Morgan fingerprint density at radius 1 is 1.14 bits per heavy atom. The van der Waals surface area contributed by atoms with Gasteiger partial charge in [0.15, 0.2) is 17.3 Å². The molecule has 1 heterocycles. The molecule has 0 atom stereocenters. The van der Waals surface area contributed by atoms with Crippen molar-refractivity contribution >= 4 is 27.5 Å². The average Bonchev–Trinajstić information content (AvgIpc) is 2.51. The van der Waals surface area contributed by atoms with Gasteiger partial charge >= 0.3 is 0 Å². The van der Waals surface area contributed by atoms with Crippen LogP contribution >= 0.6 is 27.5 Å². The van der Waals surface area contributed by atoms with Crippen molar-refractivity contribution < 1.29 is 9.47 Å². The Balaban J connectivity index is 2.51. The van der Waals surface area contributed by atoms with Gasteiger partial charge in [0, 0.05) is 5.56 Å². The molecule has 2 rings (SSSR count). The van der Waals surface area contributed by atoms with Crippen molar-refractivity contribution in [2.45, 2.75) is 19.8 Å². The number of hydrogen-bond acceptors (Lipinski definition) is 4. The van der Waals surface area contributed by atoms with Crippen molar-refractivity contribution in [1.29, 1.82) is 0 Å². The molecule has 0 aliphatic rings. The van der Waals surface area contributed by atoms with E-state index in [1.807, 2.05) is 18.2 Å². The first-order chi connectivity index (χ1) is 10.1. The molecule has 0 spiro atoms. The molecule has 0 saturated carbocycles. The number of benzene rings is 1.